The lowest BCUT2D eigenvalue weighted by atomic mass is 9.99. The summed E-state index contributed by atoms with van der Waals surface area (Å²) in [6.07, 6.45) is 2.20. The number of aromatic nitrogens is 1. The average Bonchev–Trinajstić information content (AvgIpc) is 2.45. The van der Waals surface area contributed by atoms with Gasteiger partial charge in [-0.1, -0.05) is 25.1 Å². The van der Waals surface area contributed by atoms with E-state index in [0.29, 0.717) is 17.0 Å². The first kappa shape index (κ1) is 12.9. The minimum Gasteiger partial charge on any atom is -0.338 e. The highest BCUT2D eigenvalue weighted by molar-refractivity contribution is 6.05. The van der Waals surface area contributed by atoms with E-state index in [0.717, 1.165) is 24.9 Å². The average molecular weight is 270 g/mol. The molecule has 1 aromatic heterocycles. The van der Waals surface area contributed by atoms with Crippen LogP contribution in [0.2, 0.25) is 0 Å². The highest BCUT2D eigenvalue weighted by atomic mass is 16.2. The van der Waals surface area contributed by atoms with Crippen molar-refractivity contribution >= 4 is 16.8 Å². The molecule has 0 spiro atoms. The Kier molecular flexibility index (Phi) is 3.30. The summed E-state index contributed by atoms with van der Waals surface area (Å²) in [5, 5.41) is 0.815. The third kappa shape index (κ3) is 2.33. The van der Waals surface area contributed by atoms with Gasteiger partial charge in [0, 0.05) is 30.1 Å². The molecular formula is C16H18N2O2. The lowest BCUT2D eigenvalue weighted by molar-refractivity contribution is 0.0685. The number of fused-ring (bicyclic) bond motifs is 1. The number of hydrogen-bond acceptors (Lipinski definition) is 2. The third-order valence-electron chi connectivity index (χ3n) is 3.93. The Labute approximate surface area is 117 Å². The third-order valence-corrected chi connectivity index (χ3v) is 3.93. The minimum atomic E-state index is -0.225. The van der Waals surface area contributed by atoms with Gasteiger partial charge in [0.15, 0.2) is 0 Å². The molecule has 0 aliphatic carbocycles. The van der Waals surface area contributed by atoms with E-state index < -0.39 is 0 Å². The van der Waals surface area contributed by atoms with Crippen LogP contribution < -0.4 is 5.56 Å². The summed E-state index contributed by atoms with van der Waals surface area (Å²) in [7, 11) is 0. The van der Waals surface area contributed by atoms with Crippen LogP contribution in [0.1, 0.15) is 30.1 Å². The quantitative estimate of drug-likeness (QED) is 0.865. The smallest absolute Gasteiger partial charge is 0.254 e. The first-order valence-electron chi connectivity index (χ1n) is 7.06. The van der Waals surface area contributed by atoms with Crippen molar-refractivity contribution < 1.29 is 4.79 Å². The fourth-order valence-corrected chi connectivity index (χ4v) is 2.93. The molecule has 1 amide bonds. The van der Waals surface area contributed by atoms with Crippen LogP contribution in [0.25, 0.3) is 10.9 Å². The highest BCUT2D eigenvalue weighted by Crippen LogP contribution is 2.21. The Morgan fingerprint density at radius 2 is 2.15 bits per heavy atom. The van der Waals surface area contributed by atoms with E-state index in [9.17, 15) is 9.59 Å². The molecule has 1 aliphatic rings. The number of piperidine rings is 1. The normalized spacial score (nSPS) is 19.2. The molecule has 104 valence electrons. The fraction of sp³-hybridized carbons (Fsp3) is 0.375. The number of H-pyrrole nitrogens is 1. The molecule has 2 heterocycles. The highest BCUT2D eigenvalue weighted by Gasteiger charge is 2.23. The summed E-state index contributed by atoms with van der Waals surface area (Å²) in [6.45, 7) is 3.72. The number of nitrogens with zero attached hydrogens (tertiary/aromatic N) is 1. The Bertz CT molecular complexity index is 705. The van der Waals surface area contributed by atoms with Crippen molar-refractivity contribution in [1.29, 1.82) is 0 Å². The van der Waals surface area contributed by atoms with Crippen LogP contribution in [-0.2, 0) is 0 Å². The van der Waals surface area contributed by atoms with E-state index >= 15 is 0 Å². The van der Waals surface area contributed by atoms with Gasteiger partial charge in [0.25, 0.3) is 5.91 Å². The summed E-state index contributed by atoms with van der Waals surface area (Å²) >= 11 is 0. The number of amides is 1. The van der Waals surface area contributed by atoms with Gasteiger partial charge >= 0.3 is 0 Å². The number of benzene rings is 1. The molecular weight excluding hydrogens is 252 g/mol. The maximum Gasteiger partial charge on any atom is 0.254 e. The molecule has 3 rings (SSSR count). The molecule has 0 bridgehead atoms. The van der Waals surface area contributed by atoms with Crippen molar-refractivity contribution in [2.75, 3.05) is 13.1 Å². The van der Waals surface area contributed by atoms with Gasteiger partial charge in [-0.15, -0.1) is 0 Å². The SMILES string of the molecule is C[C@H]1CCCN(C(=O)c2cc(=O)[nH]c3ccccc23)C1. The van der Waals surface area contributed by atoms with Gasteiger partial charge in [-0.25, -0.2) is 0 Å². The Morgan fingerprint density at radius 3 is 2.95 bits per heavy atom. The van der Waals surface area contributed by atoms with Crippen molar-refractivity contribution in [2.45, 2.75) is 19.8 Å². The van der Waals surface area contributed by atoms with Crippen LogP contribution in [0.5, 0.6) is 0 Å². The van der Waals surface area contributed by atoms with E-state index in [1.165, 1.54) is 12.5 Å². The van der Waals surface area contributed by atoms with Crippen LogP contribution in [0.4, 0.5) is 0 Å². The van der Waals surface area contributed by atoms with Gasteiger partial charge < -0.3 is 9.88 Å². The maximum absolute atomic E-state index is 12.7. The van der Waals surface area contributed by atoms with Gasteiger partial charge in [-0.2, -0.15) is 0 Å². The zero-order chi connectivity index (χ0) is 14.1. The number of likely N-dealkylation sites (tertiary alicyclic amines) is 1. The molecule has 1 N–H and O–H groups in total. The van der Waals surface area contributed by atoms with E-state index in [1.54, 1.807) is 0 Å². The number of rotatable bonds is 1. The van der Waals surface area contributed by atoms with Gasteiger partial charge in [-0.05, 0) is 24.8 Å². The minimum absolute atomic E-state index is 0.0288. The fourth-order valence-electron chi connectivity index (χ4n) is 2.93. The second-order valence-electron chi connectivity index (χ2n) is 5.59. The number of para-hydroxylation sites is 1. The second-order valence-corrected chi connectivity index (χ2v) is 5.59. The van der Waals surface area contributed by atoms with E-state index in [4.69, 9.17) is 0 Å². The van der Waals surface area contributed by atoms with Gasteiger partial charge in [0.1, 0.15) is 0 Å². The van der Waals surface area contributed by atoms with Crippen molar-refractivity contribution in [2.24, 2.45) is 5.92 Å². The lowest BCUT2D eigenvalue weighted by Crippen LogP contribution is -2.39. The number of carbonyl (C=O) groups excluding carboxylic acids is 1. The molecule has 0 radical (unpaired) electrons. The number of carbonyl (C=O) groups is 1. The first-order chi connectivity index (χ1) is 9.65. The number of pyridine rings is 1. The van der Waals surface area contributed by atoms with Gasteiger partial charge in [0.05, 0.1) is 5.56 Å². The van der Waals surface area contributed by atoms with Crippen molar-refractivity contribution in [3.8, 4) is 0 Å². The molecule has 2 aromatic rings. The molecule has 20 heavy (non-hydrogen) atoms. The van der Waals surface area contributed by atoms with E-state index in [1.807, 2.05) is 29.2 Å². The summed E-state index contributed by atoms with van der Waals surface area (Å²) in [5.74, 6) is 0.500. The molecule has 4 nitrogen and oxygen atoms in total. The molecule has 0 saturated carbocycles. The molecule has 1 aliphatic heterocycles. The lowest BCUT2D eigenvalue weighted by Gasteiger charge is -2.31. The topological polar surface area (TPSA) is 53.2 Å². The Balaban J connectivity index is 2.05. The van der Waals surface area contributed by atoms with Crippen LogP contribution in [0.15, 0.2) is 35.1 Å². The van der Waals surface area contributed by atoms with Crippen molar-refractivity contribution in [1.82, 2.24) is 9.88 Å². The standard InChI is InChI=1S/C16H18N2O2/c1-11-5-4-8-18(10-11)16(20)13-9-15(19)17-14-7-3-2-6-12(13)14/h2-3,6-7,9,11H,4-5,8,10H2,1H3,(H,17,19)/t11-/m0/s1. The van der Waals surface area contributed by atoms with E-state index in [2.05, 4.69) is 11.9 Å². The summed E-state index contributed by atoms with van der Waals surface area (Å²) < 4.78 is 0. The van der Waals surface area contributed by atoms with Gasteiger partial charge in [0.2, 0.25) is 5.56 Å². The van der Waals surface area contributed by atoms with Crippen LogP contribution >= 0.6 is 0 Å². The maximum atomic E-state index is 12.7. The van der Waals surface area contributed by atoms with Crippen LogP contribution in [0.3, 0.4) is 0 Å². The zero-order valence-corrected chi connectivity index (χ0v) is 11.6. The number of hydrogen-bond donors (Lipinski definition) is 1. The molecule has 1 saturated heterocycles. The van der Waals surface area contributed by atoms with E-state index in [-0.39, 0.29) is 11.5 Å². The monoisotopic (exact) mass is 270 g/mol. The Hall–Kier alpha value is -2.10. The largest absolute Gasteiger partial charge is 0.338 e. The predicted molar refractivity (Wildman–Crippen MR) is 78.9 cm³/mol. The molecule has 4 heteroatoms. The first-order valence-corrected chi connectivity index (χ1v) is 7.06. The van der Waals surface area contributed by atoms with Crippen molar-refractivity contribution in [3.05, 3.63) is 46.2 Å². The molecule has 1 fully saturated rings. The zero-order valence-electron chi connectivity index (χ0n) is 11.6. The molecule has 1 aromatic carbocycles. The summed E-state index contributed by atoms with van der Waals surface area (Å²) in [6, 6.07) is 8.87. The summed E-state index contributed by atoms with van der Waals surface area (Å²) in [5.41, 5.74) is 1.00. The molecule has 0 unspecified atom stereocenters. The van der Waals surface area contributed by atoms with Crippen LogP contribution in [0, 0.1) is 5.92 Å². The Morgan fingerprint density at radius 1 is 1.35 bits per heavy atom. The number of aromatic amines is 1. The second kappa shape index (κ2) is 5.12. The van der Waals surface area contributed by atoms with Crippen LogP contribution in [-0.4, -0.2) is 28.9 Å². The molecule has 1 atom stereocenters. The van der Waals surface area contributed by atoms with Crippen molar-refractivity contribution in [3.63, 3.8) is 0 Å². The van der Waals surface area contributed by atoms with Gasteiger partial charge in [-0.3, -0.25) is 9.59 Å². The summed E-state index contributed by atoms with van der Waals surface area (Å²) in [4.78, 5) is 29.1. The number of nitrogens with one attached hydrogen (secondary N) is 1. The predicted octanol–water partition coefficient (Wildman–Crippen LogP) is 2.40.